The Kier molecular flexibility index (Phi) is 2.95. The van der Waals surface area contributed by atoms with Crippen molar-refractivity contribution in [2.24, 2.45) is 5.73 Å². The SMILES string of the molecule is CC1(C)OC(c2cnn(CC(N)=O)c2)OC1(C)C. The highest BCUT2D eigenvalue weighted by Gasteiger charge is 2.49. The zero-order chi connectivity index (χ0) is 13.6. The molecule has 6 nitrogen and oxygen atoms in total. The Balaban J connectivity index is 2.15. The minimum atomic E-state index is -0.461. The fourth-order valence-corrected chi connectivity index (χ4v) is 1.73. The van der Waals surface area contributed by atoms with Crippen molar-refractivity contribution < 1.29 is 14.3 Å². The lowest BCUT2D eigenvalue weighted by atomic mass is 9.90. The van der Waals surface area contributed by atoms with Gasteiger partial charge in [-0.15, -0.1) is 0 Å². The Morgan fingerprint density at radius 2 is 1.94 bits per heavy atom. The predicted octanol–water partition coefficient (Wildman–Crippen LogP) is 0.971. The van der Waals surface area contributed by atoms with Crippen molar-refractivity contribution in [2.75, 3.05) is 0 Å². The Bertz CT molecular complexity index is 449. The highest BCUT2D eigenvalue weighted by Crippen LogP contribution is 2.44. The van der Waals surface area contributed by atoms with E-state index in [1.165, 1.54) is 4.68 Å². The maximum absolute atomic E-state index is 10.8. The second-order valence-corrected chi connectivity index (χ2v) is 5.53. The summed E-state index contributed by atoms with van der Waals surface area (Å²) in [4.78, 5) is 10.8. The third-order valence-corrected chi connectivity index (χ3v) is 3.50. The number of amides is 1. The van der Waals surface area contributed by atoms with Crippen LogP contribution in [0, 0.1) is 0 Å². The summed E-state index contributed by atoms with van der Waals surface area (Å²) in [7, 11) is 0. The van der Waals surface area contributed by atoms with Crippen molar-refractivity contribution in [3.8, 4) is 0 Å². The van der Waals surface area contributed by atoms with Crippen molar-refractivity contribution in [1.82, 2.24) is 9.78 Å². The summed E-state index contributed by atoms with van der Waals surface area (Å²) < 4.78 is 13.2. The van der Waals surface area contributed by atoms with Gasteiger partial charge < -0.3 is 15.2 Å². The monoisotopic (exact) mass is 253 g/mol. The first-order valence-corrected chi connectivity index (χ1v) is 5.87. The molecule has 0 bridgehead atoms. The van der Waals surface area contributed by atoms with Crippen LogP contribution in [0.5, 0.6) is 0 Å². The van der Waals surface area contributed by atoms with E-state index < -0.39 is 12.2 Å². The van der Waals surface area contributed by atoms with Crippen molar-refractivity contribution in [2.45, 2.75) is 51.7 Å². The molecule has 100 valence electrons. The lowest BCUT2D eigenvalue weighted by molar-refractivity contribution is -0.118. The molecular weight excluding hydrogens is 234 g/mol. The van der Waals surface area contributed by atoms with Crippen LogP contribution in [-0.4, -0.2) is 26.9 Å². The Morgan fingerprint density at radius 1 is 1.39 bits per heavy atom. The molecule has 2 heterocycles. The lowest BCUT2D eigenvalue weighted by Gasteiger charge is -2.30. The van der Waals surface area contributed by atoms with Gasteiger partial charge in [-0.25, -0.2) is 0 Å². The van der Waals surface area contributed by atoms with E-state index in [2.05, 4.69) is 5.10 Å². The highest BCUT2D eigenvalue weighted by atomic mass is 16.7. The third kappa shape index (κ3) is 2.26. The average Bonchev–Trinajstić information content (AvgIpc) is 2.70. The molecule has 1 fully saturated rings. The van der Waals surface area contributed by atoms with Gasteiger partial charge in [-0.2, -0.15) is 5.10 Å². The Labute approximate surface area is 106 Å². The largest absolute Gasteiger partial charge is 0.368 e. The van der Waals surface area contributed by atoms with E-state index in [1.807, 2.05) is 27.7 Å². The molecular formula is C12H19N3O3. The summed E-state index contributed by atoms with van der Waals surface area (Å²) in [5.74, 6) is -0.432. The zero-order valence-corrected chi connectivity index (χ0v) is 11.1. The maximum atomic E-state index is 10.8. The second-order valence-electron chi connectivity index (χ2n) is 5.53. The molecule has 1 aromatic heterocycles. The topological polar surface area (TPSA) is 79.4 Å². The summed E-state index contributed by atoms with van der Waals surface area (Å²) in [6.07, 6.45) is 2.88. The molecule has 18 heavy (non-hydrogen) atoms. The van der Waals surface area contributed by atoms with Crippen LogP contribution in [0.4, 0.5) is 0 Å². The van der Waals surface area contributed by atoms with Gasteiger partial charge in [0.05, 0.1) is 17.4 Å². The van der Waals surface area contributed by atoms with Crippen molar-refractivity contribution >= 4 is 5.91 Å². The third-order valence-electron chi connectivity index (χ3n) is 3.50. The molecule has 2 rings (SSSR count). The predicted molar refractivity (Wildman–Crippen MR) is 64.5 cm³/mol. The Morgan fingerprint density at radius 3 is 2.44 bits per heavy atom. The van der Waals surface area contributed by atoms with Crippen LogP contribution in [0.2, 0.25) is 0 Å². The van der Waals surface area contributed by atoms with E-state index in [9.17, 15) is 4.79 Å². The number of carbonyl (C=O) groups is 1. The molecule has 1 amide bonds. The smallest absolute Gasteiger partial charge is 0.239 e. The van der Waals surface area contributed by atoms with Crippen LogP contribution >= 0.6 is 0 Å². The number of carbonyl (C=O) groups excluding carboxylic acids is 1. The van der Waals surface area contributed by atoms with Crippen LogP contribution < -0.4 is 5.73 Å². The molecule has 0 aliphatic carbocycles. The standard InChI is InChI=1S/C12H19N3O3/c1-11(2)12(3,4)18-10(17-11)8-5-14-15(6-8)7-9(13)16/h5-6,10H,7H2,1-4H3,(H2,13,16). The van der Waals surface area contributed by atoms with E-state index in [0.717, 1.165) is 5.56 Å². The van der Waals surface area contributed by atoms with Gasteiger partial charge in [0.25, 0.3) is 0 Å². The van der Waals surface area contributed by atoms with E-state index >= 15 is 0 Å². The molecule has 0 spiro atoms. The fourth-order valence-electron chi connectivity index (χ4n) is 1.73. The van der Waals surface area contributed by atoms with E-state index in [-0.39, 0.29) is 17.7 Å². The van der Waals surface area contributed by atoms with Crippen LogP contribution in [0.3, 0.4) is 0 Å². The van der Waals surface area contributed by atoms with Gasteiger partial charge in [0.2, 0.25) is 5.91 Å². The van der Waals surface area contributed by atoms with Crippen LogP contribution in [0.1, 0.15) is 39.5 Å². The van der Waals surface area contributed by atoms with Gasteiger partial charge in [0.15, 0.2) is 6.29 Å². The number of primary amides is 1. The van der Waals surface area contributed by atoms with Gasteiger partial charge in [-0.05, 0) is 27.7 Å². The van der Waals surface area contributed by atoms with E-state index in [1.54, 1.807) is 12.4 Å². The first-order chi connectivity index (χ1) is 8.21. The molecule has 6 heteroatoms. The molecule has 2 N–H and O–H groups in total. The lowest BCUT2D eigenvalue weighted by Crippen LogP contribution is -2.41. The van der Waals surface area contributed by atoms with E-state index in [0.29, 0.717) is 0 Å². The summed E-state index contributed by atoms with van der Waals surface area (Å²) in [6, 6.07) is 0. The minimum Gasteiger partial charge on any atom is -0.368 e. The summed E-state index contributed by atoms with van der Waals surface area (Å²) >= 11 is 0. The number of nitrogens with zero attached hydrogens (tertiary/aromatic N) is 2. The van der Waals surface area contributed by atoms with Crippen LogP contribution in [0.15, 0.2) is 12.4 Å². The number of rotatable bonds is 3. The molecule has 1 aliphatic heterocycles. The molecule has 0 radical (unpaired) electrons. The zero-order valence-electron chi connectivity index (χ0n) is 11.1. The molecule has 0 saturated carbocycles. The van der Waals surface area contributed by atoms with Crippen molar-refractivity contribution in [3.05, 3.63) is 18.0 Å². The second kappa shape index (κ2) is 4.07. The fraction of sp³-hybridized carbons (Fsp3) is 0.667. The molecule has 0 aromatic carbocycles. The molecule has 0 atom stereocenters. The van der Waals surface area contributed by atoms with Gasteiger partial charge in [-0.1, -0.05) is 0 Å². The minimum absolute atomic E-state index is 0.0551. The molecule has 1 saturated heterocycles. The Hall–Kier alpha value is -1.40. The average molecular weight is 253 g/mol. The molecule has 0 unspecified atom stereocenters. The number of ether oxygens (including phenoxy) is 2. The van der Waals surface area contributed by atoms with Crippen LogP contribution in [-0.2, 0) is 20.8 Å². The maximum Gasteiger partial charge on any atom is 0.239 e. The molecule has 1 aliphatic rings. The number of hydrogen-bond acceptors (Lipinski definition) is 4. The summed E-state index contributed by atoms with van der Waals surface area (Å²) in [5, 5.41) is 4.05. The quantitative estimate of drug-likeness (QED) is 0.870. The molecule has 1 aromatic rings. The van der Waals surface area contributed by atoms with E-state index in [4.69, 9.17) is 15.2 Å². The van der Waals surface area contributed by atoms with Gasteiger partial charge in [0.1, 0.15) is 6.54 Å². The van der Waals surface area contributed by atoms with Crippen molar-refractivity contribution in [1.29, 1.82) is 0 Å². The summed E-state index contributed by atoms with van der Waals surface area (Å²) in [6.45, 7) is 8.00. The summed E-state index contributed by atoms with van der Waals surface area (Å²) in [5.41, 5.74) is 5.13. The number of aromatic nitrogens is 2. The first kappa shape index (κ1) is 13.0. The van der Waals surface area contributed by atoms with Gasteiger partial charge >= 0.3 is 0 Å². The van der Waals surface area contributed by atoms with Crippen LogP contribution in [0.25, 0.3) is 0 Å². The number of nitrogens with two attached hydrogens (primary N) is 1. The first-order valence-electron chi connectivity index (χ1n) is 5.87. The van der Waals surface area contributed by atoms with Gasteiger partial charge in [-0.3, -0.25) is 9.48 Å². The number of hydrogen-bond donors (Lipinski definition) is 1. The highest BCUT2D eigenvalue weighted by molar-refractivity contribution is 5.73. The normalized spacial score (nSPS) is 22.2. The van der Waals surface area contributed by atoms with Gasteiger partial charge in [0, 0.05) is 11.8 Å². The van der Waals surface area contributed by atoms with Crippen molar-refractivity contribution in [3.63, 3.8) is 0 Å².